The number of rotatable bonds is 7. The number of aliphatic hydroxyl groups is 3. The zero-order valence-electron chi connectivity index (χ0n) is 8.33. The summed E-state index contributed by atoms with van der Waals surface area (Å²) in [6.07, 6.45) is -0.949. The average molecular weight is 242 g/mol. The van der Waals surface area contributed by atoms with Crippen molar-refractivity contribution in [2.75, 3.05) is 19.8 Å². The Balaban J connectivity index is 4.61. The molecule has 8 heteroatoms. The standard InChI is InChI=1S/C7H17NO6S/c1-5(14-15(12)13)6(8)7(2-9,3-10)4-11/h5-6,9-11H,2-4,8H2,1H3,(H,12,13)/p-1. The topological polar surface area (TPSA) is 136 Å². The minimum Gasteiger partial charge on any atom is -0.750 e. The van der Waals surface area contributed by atoms with Gasteiger partial charge in [0.15, 0.2) is 0 Å². The quantitative estimate of drug-likeness (QED) is 0.361. The van der Waals surface area contributed by atoms with Crippen LogP contribution in [-0.2, 0) is 15.5 Å². The molecule has 3 atom stereocenters. The first-order chi connectivity index (χ1) is 6.93. The van der Waals surface area contributed by atoms with E-state index in [2.05, 4.69) is 4.18 Å². The fourth-order valence-corrected chi connectivity index (χ4v) is 1.52. The van der Waals surface area contributed by atoms with Gasteiger partial charge in [0.25, 0.3) is 0 Å². The van der Waals surface area contributed by atoms with Gasteiger partial charge in [-0.05, 0) is 6.92 Å². The molecular formula is C7H16NO6S-. The van der Waals surface area contributed by atoms with Gasteiger partial charge in [-0.25, -0.2) is 4.21 Å². The van der Waals surface area contributed by atoms with Crippen LogP contribution in [0, 0.1) is 5.41 Å². The fraction of sp³-hybridized carbons (Fsp3) is 1.00. The molecule has 0 radical (unpaired) electrons. The molecule has 3 unspecified atom stereocenters. The summed E-state index contributed by atoms with van der Waals surface area (Å²) >= 11 is -2.73. The Bertz CT molecular complexity index is 201. The molecule has 0 spiro atoms. The maximum Gasteiger partial charge on any atom is 0.0867 e. The van der Waals surface area contributed by atoms with Crippen LogP contribution in [0.3, 0.4) is 0 Å². The normalized spacial score (nSPS) is 18.5. The van der Waals surface area contributed by atoms with Crippen LogP contribution in [0.5, 0.6) is 0 Å². The number of hydrogen-bond acceptors (Lipinski definition) is 7. The second-order valence-corrected chi connectivity index (χ2v) is 3.97. The summed E-state index contributed by atoms with van der Waals surface area (Å²) in [5.74, 6) is 0. The summed E-state index contributed by atoms with van der Waals surface area (Å²) in [5.41, 5.74) is 4.24. The van der Waals surface area contributed by atoms with Gasteiger partial charge < -0.3 is 25.6 Å². The van der Waals surface area contributed by atoms with Crippen LogP contribution in [0.1, 0.15) is 6.92 Å². The largest absolute Gasteiger partial charge is 0.750 e. The second-order valence-electron chi connectivity index (χ2n) is 3.37. The van der Waals surface area contributed by atoms with E-state index in [1.807, 2.05) is 0 Å². The van der Waals surface area contributed by atoms with Crippen LogP contribution in [0.2, 0.25) is 0 Å². The van der Waals surface area contributed by atoms with Gasteiger partial charge in [-0.2, -0.15) is 0 Å². The molecule has 0 rings (SSSR count). The molecule has 92 valence electrons. The summed E-state index contributed by atoms with van der Waals surface area (Å²) in [6.45, 7) is -0.336. The van der Waals surface area contributed by atoms with E-state index in [0.717, 1.165) is 0 Å². The lowest BCUT2D eigenvalue weighted by atomic mass is 9.80. The van der Waals surface area contributed by atoms with Crippen molar-refractivity contribution >= 4 is 11.4 Å². The Morgan fingerprint density at radius 3 is 2.07 bits per heavy atom. The molecule has 0 aliphatic carbocycles. The molecule has 0 aromatic carbocycles. The lowest BCUT2D eigenvalue weighted by Crippen LogP contribution is -2.55. The van der Waals surface area contributed by atoms with Crippen molar-refractivity contribution in [3.8, 4) is 0 Å². The van der Waals surface area contributed by atoms with Gasteiger partial charge >= 0.3 is 0 Å². The Hall–Kier alpha value is -0.0900. The van der Waals surface area contributed by atoms with Gasteiger partial charge in [0, 0.05) is 6.04 Å². The lowest BCUT2D eigenvalue weighted by Gasteiger charge is -2.36. The minimum absolute atomic E-state index is 0.569. The van der Waals surface area contributed by atoms with E-state index in [1.165, 1.54) is 6.92 Å². The van der Waals surface area contributed by atoms with Crippen LogP contribution in [0.15, 0.2) is 0 Å². The summed E-state index contributed by atoms with van der Waals surface area (Å²) in [7, 11) is 0. The van der Waals surface area contributed by atoms with E-state index in [0.29, 0.717) is 0 Å². The predicted octanol–water partition coefficient (Wildman–Crippen LogP) is -2.52. The van der Waals surface area contributed by atoms with Gasteiger partial charge in [0.2, 0.25) is 0 Å². The van der Waals surface area contributed by atoms with Crippen LogP contribution in [0.25, 0.3) is 0 Å². The molecule has 0 saturated heterocycles. The van der Waals surface area contributed by atoms with Gasteiger partial charge in [-0.3, -0.25) is 4.18 Å². The van der Waals surface area contributed by atoms with Gasteiger partial charge in [0.1, 0.15) is 0 Å². The van der Waals surface area contributed by atoms with Crippen molar-refractivity contribution in [2.24, 2.45) is 11.1 Å². The van der Waals surface area contributed by atoms with Crippen molar-refractivity contribution in [3.63, 3.8) is 0 Å². The third kappa shape index (κ3) is 3.76. The third-order valence-electron chi connectivity index (χ3n) is 2.39. The van der Waals surface area contributed by atoms with Crippen LogP contribution in [-0.4, -0.2) is 56.0 Å². The Labute approximate surface area is 90.4 Å². The van der Waals surface area contributed by atoms with E-state index in [9.17, 15) is 8.76 Å². The predicted molar refractivity (Wildman–Crippen MR) is 51.1 cm³/mol. The summed E-state index contributed by atoms with van der Waals surface area (Å²) in [5, 5.41) is 27.1. The van der Waals surface area contributed by atoms with E-state index in [1.54, 1.807) is 0 Å². The van der Waals surface area contributed by atoms with Crippen LogP contribution < -0.4 is 5.73 Å². The first-order valence-electron chi connectivity index (χ1n) is 4.28. The van der Waals surface area contributed by atoms with E-state index in [-0.39, 0.29) is 0 Å². The highest BCUT2D eigenvalue weighted by Crippen LogP contribution is 2.22. The maximum absolute atomic E-state index is 10.2. The summed E-state index contributed by atoms with van der Waals surface area (Å²) < 4.78 is 24.9. The molecule has 0 saturated carbocycles. The molecule has 15 heavy (non-hydrogen) atoms. The molecule has 0 aliphatic rings. The monoisotopic (exact) mass is 242 g/mol. The Kier molecular flexibility index (Phi) is 6.44. The van der Waals surface area contributed by atoms with Crippen molar-refractivity contribution in [2.45, 2.75) is 19.1 Å². The molecule has 0 heterocycles. The lowest BCUT2D eigenvalue weighted by molar-refractivity contribution is -0.0378. The van der Waals surface area contributed by atoms with Gasteiger partial charge in [0.05, 0.1) is 42.7 Å². The van der Waals surface area contributed by atoms with Crippen molar-refractivity contribution in [1.82, 2.24) is 0 Å². The van der Waals surface area contributed by atoms with Crippen LogP contribution >= 0.6 is 0 Å². The van der Waals surface area contributed by atoms with Crippen LogP contribution in [0.4, 0.5) is 0 Å². The fourth-order valence-electron chi connectivity index (χ4n) is 1.15. The molecule has 0 bridgehead atoms. The SMILES string of the molecule is CC(OS(=O)[O-])C(N)C(CO)(CO)CO. The second kappa shape index (κ2) is 6.48. The first-order valence-corrected chi connectivity index (χ1v) is 5.28. The van der Waals surface area contributed by atoms with E-state index < -0.39 is 48.7 Å². The highest BCUT2D eigenvalue weighted by Gasteiger charge is 2.39. The molecule has 0 aliphatic heterocycles. The van der Waals surface area contributed by atoms with Crippen molar-refractivity contribution in [1.29, 1.82) is 0 Å². The molecule has 7 nitrogen and oxygen atoms in total. The molecule has 0 aromatic heterocycles. The molecule has 0 aromatic rings. The number of aliphatic hydroxyl groups excluding tert-OH is 3. The maximum atomic E-state index is 10.2. The van der Waals surface area contributed by atoms with Crippen molar-refractivity contribution in [3.05, 3.63) is 0 Å². The molecule has 0 fully saturated rings. The molecular weight excluding hydrogens is 226 g/mol. The Morgan fingerprint density at radius 1 is 1.40 bits per heavy atom. The van der Waals surface area contributed by atoms with Crippen molar-refractivity contribution < 1.29 is 28.3 Å². The Morgan fingerprint density at radius 2 is 1.80 bits per heavy atom. The highest BCUT2D eigenvalue weighted by molar-refractivity contribution is 7.74. The minimum atomic E-state index is -2.73. The zero-order chi connectivity index (χ0) is 12.1. The third-order valence-corrected chi connectivity index (χ3v) is 2.85. The molecule has 5 N–H and O–H groups in total. The summed E-state index contributed by atoms with van der Waals surface area (Å²) in [4.78, 5) is 0. The smallest absolute Gasteiger partial charge is 0.0867 e. The number of hydrogen-bond donors (Lipinski definition) is 4. The number of nitrogens with two attached hydrogens (primary N) is 1. The average Bonchev–Trinajstić information content (AvgIpc) is 2.20. The highest BCUT2D eigenvalue weighted by atomic mass is 32.2. The molecule has 0 amide bonds. The van der Waals surface area contributed by atoms with E-state index in [4.69, 9.17) is 21.1 Å². The van der Waals surface area contributed by atoms with E-state index >= 15 is 0 Å². The first kappa shape index (κ1) is 14.9. The summed E-state index contributed by atoms with van der Waals surface area (Å²) in [6, 6.07) is -1.00. The van der Waals surface area contributed by atoms with Gasteiger partial charge in [-0.15, -0.1) is 0 Å². The zero-order valence-corrected chi connectivity index (χ0v) is 9.14. The van der Waals surface area contributed by atoms with Gasteiger partial charge in [-0.1, -0.05) is 0 Å².